The molecule has 3 rings (SSSR count). The quantitative estimate of drug-likeness (QED) is 0.868. The van der Waals surface area contributed by atoms with Crippen molar-refractivity contribution in [2.75, 3.05) is 25.7 Å². The fourth-order valence-electron chi connectivity index (χ4n) is 3.23. The molecule has 0 unspecified atom stereocenters. The Morgan fingerprint density at radius 1 is 1.00 bits per heavy atom. The van der Waals surface area contributed by atoms with Crippen molar-refractivity contribution in [1.29, 1.82) is 0 Å². The van der Waals surface area contributed by atoms with E-state index in [4.69, 9.17) is 9.47 Å². The maximum Gasteiger partial charge on any atom is 0.265 e. The molecule has 1 heterocycles. The summed E-state index contributed by atoms with van der Waals surface area (Å²) < 4.78 is 10.8. The Labute approximate surface area is 136 Å². The highest BCUT2D eigenvalue weighted by atomic mass is 16.5. The molecule has 1 amide bonds. The van der Waals surface area contributed by atoms with Crippen LogP contribution in [0.5, 0.6) is 11.5 Å². The molecule has 23 heavy (non-hydrogen) atoms. The third kappa shape index (κ3) is 2.44. The highest BCUT2D eigenvalue weighted by molar-refractivity contribution is 6.11. The van der Waals surface area contributed by atoms with E-state index < -0.39 is 0 Å². The molecular formula is C19H21NO3. The Morgan fingerprint density at radius 3 is 2.22 bits per heavy atom. The number of hydrogen-bond donors (Lipinski definition) is 0. The maximum atomic E-state index is 13.2. The Kier molecular flexibility index (Phi) is 3.76. The van der Waals surface area contributed by atoms with E-state index in [1.165, 1.54) is 5.56 Å². The lowest BCUT2D eigenvalue weighted by atomic mass is 9.87. The monoisotopic (exact) mass is 311 g/mol. The van der Waals surface area contributed by atoms with Gasteiger partial charge in [0.15, 0.2) is 0 Å². The zero-order chi connectivity index (χ0) is 16.6. The van der Waals surface area contributed by atoms with Crippen molar-refractivity contribution < 1.29 is 14.3 Å². The number of nitrogens with zero attached hydrogens (tertiary/aromatic N) is 1. The van der Waals surface area contributed by atoms with Crippen molar-refractivity contribution >= 4 is 11.6 Å². The summed E-state index contributed by atoms with van der Waals surface area (Å²) in [6.07, 6.45) is 0. The standard InChI is InChI=1S/C19H21NO3/c1-19(2)12-20(14-9-6-5-8-13(14)19)18(21)17-15(22-3)10-7-11-16(17)23-4/h5-11H,12H2,1-4H3. The van der Waals surface area contributed by atoms with Crippen molar-refractivity contribution in [2.24, 2.45) is 0 Å². The normalized spacial score (nSPS) is 15.2. The molecule has 0 spiro atoms. The maximum absolute atomic E-state index is 13.2. The summed E-state index contributed by atoms with van der Waals surface area (Å²) in [5, 5.41) is 0. The van der Waals surface area contributed by atoms with Gasteiger partial charge in [0.05, 0.1) is 14.2 Å². The summed E-state index contributed by atoms with van der Waals surface area (Å²) in [4.78, 5) is 15.0. The average molecular weight is 311 g/mol. The molecular weight excluding hydrogens is 290 g/mol. The van der Waals surface area contributed by atoms with E-state index in [2.05, 4.69) is 19.9 Å². The number of ether oxygens (including phenoxy) is 2. The van der Waals surface area contributed by atoms with E-state index in [1.54, 1.807) is 26.4 Å². The van der Waals surface area contributed by atoms with Crippen LogP contribution in [-0.4, -0.2) is 26.7 Å². The van der Waals surface area contributed by atoms with E-state index in [0.717, 1.165) is 5.69 Å². The van der Waals surface area contributed by atoms with E-state index >= 15 is 0 Å². The average Bonchev–Trinajstić information content (AvgIpc) is 2.85. The van der Waals surface area contributed by atoms with Crippen LogP contribution in [0, 0.1) is 0 Å². The highest BCUT2D eigenvalue weighted by Gasteiger charge is 2.39. The molecule has 2 aromatic rings. The van der Waals surface area contributed by atoms with Gasteiger partial charge in [-0.1, -0.05) is 38.1 Å². The Bertz CT molecular complexity index is 730. The van der Waals surface area contributed by atoms with Gasteiger partial charge < -0.3 is 14.4 Å². The van der Waals surface area contributed by atoms with Gasteiger partial charge in [0.2, 0.25) is 0 Å². The minimum atomic E-state index is -0.0997. The number of benzene rings is 2. The summed E-state index contributed by atoms with van der Waals surface area (Å²) >= 11 is 0. The molecule has 1 aliphatic rings. The van der Waals surface area contributed by atoms with Gasteiger partial charge in [-0.2, -0.15) is 0 Å². The van der Waals surface area contributed by atoms with E-state index in [-0.39, 0.29) is 11.3 Å². The topological polar surface area (TPSA) is 38.8 Å². The molecule has 2 aromatic carbocycles. The zero-order valence-corrected chi connectivity index (χ0v) is 13.9. The second-order valence-electron chi connectivity index (χ2n) is 6.33. The highest BCUT2D eigenvalue weighted by Crippen LogP contribution is 2.42. The summed E-state index contributed by atoms with van der Waals surface area (Å²) in [7, 11) is 3.13. The lowest BCUT2D eigenvalue weighted by Crippen LogP contribution is -2.34. The summed E-state index contributed by atoms with van der Waals surface area (Å²) in [6.45, 7) is 4.93. The third-order valence-electron chi connectivity index (χ3n) is 4.36. The summed E-state index contributed by atoms with van der Waals surface area (Å²) in [5.41, 5.74) is 2.52. The molecule has 0 atom stereocenters. The molecule has 4 heteroatoms. The van der Waals surface area contributed by atoms with Crippen LogP contribution in [0.3, 0.4) is 0 Å². The number of carbonyl (C=O) groups is 1. The molecule has 120 valence electrons. The molecule has 0 N–H and O–H groups in total. The molecule has 1 aliphatic heterocycles. The van der Waals surface area contributed by atoms with Crippen LogP contribution < -0.4 is 14.4 Å². The van der Waals surface area contributed by atoms with E-state index in [0.29, 0.717) is 23.6 Å². The van der Waals surface area contributed by atoms with Crippen LogP contribution in [0.15, 0.2) is 42.5 Å². The number of methoxy groups -OCH3 is 2. The lowest BCUT2D eigenvalue weighted by molar-refractivity contribution is 0.0980. The second-order valence-corrected chi connectivity index (χ2v) is 6.33. The SMILES string of the molecule is COc1cccc(OC)c1C(=O)N1CC(C)(C)c2ccccc21. The molecule has 0 aromatic heterocycles. The number of rotatable bonds is 3. The number of carbonyl (C=O) groups excluding carboxylic acids is 1. The van der Waals surface area contributed by atoms with Gasteiger partial charge in [0, 0.05) is 17.6 Å². The second kappa shape index (κ2) is 5.61. The molecule has 0 radical (unpaired) electrons. The summed E-state index contributed by atoms with van der Waals surface area (Å²) in [6, 6.07) is 13.4. The van der Waals surface area contributed by atoms with Crippen LogP contribution in [0.1, 0.15) is 29.8 Å². The van der Waals surface area contributed by atoms with Crippen molar-refractivity contribution in [3.05, 3.63) is 53.6 Å². The smallest absolute Gasteiger partial charge is 0.265 e. The van der Waals surface area contributed by atoms with Crippen molar-refractivity contribution in [3.8, 4) is 11.5 Å². The van der Waals surface area contributed by atoms with E-state index in [9.17, 15) is 4.79 Å². The number of para-hydroxylation sites is 1. The summed E-state index contributed by atoms with van der Waals surface area (Å²) in [5.74, 6) is 0.949. The first-order valence-corrected chi connectivity index (χ1v) is 7.62. The molecule has 0 saturated carbocycles. The molecule has 0 fully saturated rings. The van der Waals surface area contributed by atoms with Gasteiger partial charge >= 0.3 is 0 Å². The minimum absolute atomic E-state index is 0.0818. The third-order valence-corrected chi connectivity index (χ3v) is 4.36. The molecule has 0 bridgehead atoms. The first-order valence-electron chi connectivity index (χ1n) is 7.62. The molecule has 0 saturated heterocycles. The van der Waals surface area contributed by atoms with Crippen LogP contribution >= 0.6 is 0 Å². The van der Waals surface area contributed by atoms with Gasteiger partial charge in [0.25, 0.3) is 5.91 Å². The lowest BCUT2D eigenvalue weighted by Gasteiger charge is -2.22. The first-order chi connectivity index (χ1) is 11.0. The van der Waals surface area contributed by atoms with E-state index in [1.807, 2.05) is 29.2 Å². The van der Waals surface area contributed by atoms with Crippen LogP contribution in [-0.2, 0) is 5.41 Å². The van der Waals surface area contributed by atoms with Crippen LogP contribution in [0.4, 0.5) is 5.69 Å². The van der Waals surface area contributed by atoms with Crippen LogP contribution in [0.25, 0.3) is 0 Å². The Morgan fingerprint density at radius 2 is 1.61 bits per heavy atom. The van der Waals surface area contributed by atoms with Gasteiger partial charge in [0.1, 0.15) is 17.1 Å². The van der Waals surface area contributed by atoms with Crippen molar-refractivity contribution in [3.63, 3.8) is 0 Å². The van der Waals surface area contributed by atoms with Gasteiger partial charge in [-0.3, -0.25) is 4.79 Å². The number of anilines is 1. The number of hydrogen-bond acceptors (Lipinski definition) is 3. The number of amides is 1. The first kappa shape index (κ1) is 15.4. The van der Waals surface area contributed by atoms with Crippen molar-refractivity contribution in [1.82, 2.24) is 0 Å². The number of fused-ring (bicyclic) bond motifs is 1. The Hall–Kier alpha value is -2.49. The fourth-order valence-corrected chi connectivity index (χ4v) is 3.23. The van der Waals surface area contributed by atoms with Crippen LogP contribution in [0.2, 0.25) is 0 Å². The molecule has 0 aliphatic carbocycles. The molecule has 4 nitrogen and oxygen atoms in total. The van der Waals surface area contributed by atoms with Crippen molar-refractivity contribution in [2.45, 2.75) is 19.3 Å². The predicted molar refractivity (Wildman–Crippen MR) is 90.7 cm³/mol. The van der Waals surface area contributed by atoms with Gasteiger partial charge in [-0.05, 0) is 23.8 Å². The minimum Gasteiger partial charge on any atom is -0.496 e. The predicted octanol–water partition coefficient (Wildman–Crippen LogP) is 3.64. The fraction of sp³-hybridized carbons (Fsp3) is 0.316. The Balaban J connectivity index is 2.10. The van der Waals surface area contributed by atoms with Gasteiger partial charge in [-0.15, -0.1) is 0 Å². The largest absolute Gasteiger partial charge is 0.496 e. The van der Waals surface area contributed by atoms with Gasteiger partial charge in [-0.25, -0.2) is 0 Å². The zero-order valence-electron chi connectivity index (χ0n) is 13.9.